The van der Waals surface area contributed by atoms with Crippen LogP contribution < -0.4 is 5.32 Å². The molecule has 0 amide bonds. The number of Topliss-reactive ketones (excluding diaryl/α,β-unsaturated/α-hetero) is 1. The average molecular weight is 506 g/mol. The largest absolute Gasteiger partial charge is 0.378 e. The molecular weight excluding hydrogens is 478 g/mol. The predicted octanol–water partition coefficient (Wildman–Crippen LogP) is 5.68. The zero-order chi connectivity index (χ0) is 24.4. The molecule has 1 aromatic heterocycles. The Kier molecular flexibility index (Phi) is 6.69. The maximum Gasteiger partial charge on any atom is 0.243 e. The third-order valence-corrected chi connectivity index (χ3v) is 9.37. The molecule has 8 heteroatoms. The van der Waals surface area contributed by atoms with Crippen molar-refractivity contribution in [2.75, 3.05) is 25.0 Å². The van der Waals surface area contributed by atoms with Gasteiger partial charge in [-0.05, 0) is 55.2 Å². The normalized spacial score (nSPS) is 15.3. The van der Waals surface area contributed by atoms with E-state index in [9.17, 15) is 13.2 Å². The number of aromatic nitrogens is 1. The molecule has 1 aliphatic heterocycles. The second-order valence-electron chi connectivity index (χ2n) is 8.96. The monoisotopic (exact) mass is 505 g/mol. The Morgan fingerprint density at radius 3 is 2.60 bits per heavy atom. The lowest BCUT2D eigenvalue weighted by atomic mass is 10.0. The van der Waals surface area contributed by atoms with Crippen LogP contribution in [0.5, 0.6) is 0 Å². The molecule has 5 rings (SSSR count). The molecule has 0 bridgehead atoms. The lowest BCUT2D eigenvalue weighted by Gasteiger charge is -2.29. The van der Waals surface area contributed by atoms with Crippen molar-refractivity contribution in [1.29, 1.82) is 0 Å². The number of carbonyl (C=O) groups excluding carboxylic acids is 1. The van der Waals surface area contributed by atoms with Crippen molar-refractivity contribution < 1.29 is 13.2 Å². The summed E-state index contributed by atoms with van der Waals surface area (Å²) in [4.78, 5) is 17.8. The van der Waals surface area contributed by atoms with Crippen LogP contribution in [0.25, 0.3) is 20.8 Å². The summed E-state index contributed by atoms with van der Waals surface area (Å²) in [6.07, 6.45) is 1.72. The number of ketones is 1. The van der Waals surface area contributed by atoms with E-state index in [1.54, 1.807) is 29.5 Å². The number of sulfonamides is 1. The number of anilines is 1. The number of hydrogen-bond acceptors (Lipinski definition) is 6. The molecule has 3 aromatic carbocycles. The highest BCUT2D eigenvalue weighted by atomic mass is 32.2. The van der Waals surface area contributed by atoms with Crippen LogP contribution in [0.15, 0.2) is 77.7 Å². The number of carbonyl (C=O) groups is 1. The molecule has 1 N–H and O–H groups in total. The van der Waals surface area contributed by atoms with Gasteiger partial charge in [0.1, 0.15) is 5.01 Å². The molecule has 4 aromatic rings. The number of thiazole rings is 1. The lowest BCUT2D eigenvalue weighted by Crippen LogP contribution is -2.37. The van der Waals surface area contributed by atoms with Gasteiger partial charge >= 0.3 is 0 Å². The van der Waals surface area contributed by atoms with Crippen LogP contribution in [0.2, 0.25) is 0 Å². The fourth-order valence-corrected chi connectivity index (χ4v) is 6.72. The van der Waals surface area contributed by atoms with Gasteiger partial charge in [-0.3, -0.25) is 4.79 Å². The first kappa shape index (κ1) is 23.7. The van der Waals surface area contributed by atoms with Crippen molar-refractivity contribution in [1.82, 2.24) is 9.29 Å². The van der Waals surface area contributed by atoms with E-state index in [4.69, 9.17) is 4.98 Å². The highest BCUT2D eigenvalue weighted by Gasteiger charge is 2.28. The van der Waals surface area contributed by atoms with Gasteiger partial charge in [0.2, 0.25) is 10.0 Å². The van der Waals surface area contributed by atoms with Gasteiger partial charge < -0.3 is 5.32 Å². The summed E-state index contributed by atoms with van der Waals surface area (Å²) in [7, 11) is -3.60. The number of nitrogens with one attached hydrogen (secondary N) is 1. The smallest absolute Gasteiger partial charge is 0.243 e. The fraction of sp³-hybridized carbons (Fsp3) is 0.259. The molecule has 0 aliphatic carbocycles. The minimum atomic E-state index is -3.60. The second-order valence-corrected chi connectivity index (χ2v) is 11.9. The van der Waals surface area contributed by atoms with Crippen molar-refractivity contribution >= 4 is 43.0 Å². The second kappa shape index (κ2) is 9.89. The Hall–Kier alpha value is -3.07. The van der Waals surface area contributed by atoms with Crippen molar-refractivity contribution in [3.63, 3.8) is 0 Å². The standard InChI is InChI=1S/C27H27N3O3S2/c1-19-12-14-30(15-13-19)35(32,33)23-9-5-6-20(17-23)25(31)18-28-22-8-4-7-21(16-22)27-29-24-10-2-3-11-26(24)34-27/h2-11,16-17,19,28H,12-15,18H2,1H3. The molecule has 2 heterocycles. The van der Waals surface area contributed by atoms with Crippen LogP contribution in [-0.4, -0.2) is 43.1 Å². The van der Waals surface area contributed by atoms with E-state index in [0.29, 0.717) is 24.6 Å². The molecule has 180 valence electrons. The van der Waals surface area contributed by atoms with E-state index >= 15 is 0 Å². The van der Waals surface area contributed by atoms with E-state index in [2.05, 4.69) is 18.3 Å². The summed E-state index contributed by atoms with van der Waals surface area (Å²) in [6.45, 7) is 3.25. The highest BCUT2D eigenvalue weighted by molar-refractivity contribution is 7.89. The maximum absolute atomic E-state index is 13.1. The quantitative estimate of drug-likeness (QED) is 0.327. The number of rotatable bonds is 7. The van der Waals surface area contributed by atoms with Crippen LogP contribution in [0.3, 0.4) is 0 Å². The Morgan fingerprint density at radius 2 is 1.80 bits per heavy atom. The van der Waals surface area contributed by atoms with Crippen LogP contribution in [0, 0.1) is 5.92 Å². The Bertz CT molecular complexity index is 1440. The highest BCUT2D eigenvalue weighted by Crippen LogP contribution is 2.31. The lowest BCUT2D eigenvalue weighted by molar-refractivity contribution is 0.101. The molecule has 0 spiro atoms. The summed E-state index contributed by atoms with van der Waals surface area (Å²) in [5.74, 6) is 0.369. The predicted molar refractivity (Wildman–Crippen MR) is 141 cm³/mol. The minimum Gasteiger partial charge on any atom is -0.378 e. The number of fused-ring (bicyclic) bond motifs is 1. The first-order valence-corrected chi connectivity index (χ1v) is 14.0. The van der Waals surface area contributed by atoms with Gasteiger partial charge in [-0.15, -0.1) is 11.3 Å². The molecule has 0 radical (unpaired) electrons. The molecule has 0 saturated carbocycles. The molecule has 1 saturated heterocycles. The maximum atomic E-state index is 13.1. The first-order valence-electron chi connectivity index (χ1n) is 11.7. The molecule has 0 unspecified atom stereocenters. The Labute approximate surface area is 209 Å². The van der Waals surface area contributed by atoms with E-state index in [1.807, 2.05) is 42.5 Å². The van der Waals surface area contributed by atoms with Crippen LogP contribution >= 0.6 is 11.3 Å². The van der Waals surface area contributed by atoms with Crippen LogP contribution in [0.4, 0.5) is 5.69 Å². The molecule has 1 aliphatic rings. The third-order valence-electron chi connectivity index (χ3n) is 6.39. The third kappa shape index (κ3) is 5.15. The minimum absolute atomic E-state index is 0.0635. The molecule has 6 nitrogen and oxygen atoms in total. The molecule has 1 fully saturated rings. The topological polar surface area (TPSA) is 79.4 Å². The van der Waals surface area contributed by atoms with E-state index in [-0.39, 0.29) is 17.2 Å². The van der Waals surface area contributed by atoms with Crippen molar-refractivity contribution in [3.8, 4) is 10.6 Å². The van der Waals surface area contributed by atoms with Crippen molar-refractivity contribution in [3.05, 3.63) is 78.4 Å². The number of hydrogen-bond donors (Lipinski definition) is 1. The summed E-state index contributed by atoms with van der Waals surface area (Å²) in [5, 5.41) is 4.10. The summed E-state index contributed by atoms with van der Waals surface area (Å²) < 4.78 is 28.8. The zero-order valence-electron chi connectivity index (χ0n) is 19.5. The Morgan fingerprint density at radius 1 is 1.03 bits per heavy atom. The number of para-hydroxylation sites is 1. The van der Waals surface area contributed by atoms with E-state index in [0.717, 1.165) is 39.3 Å². The van der Waals surface area contributed by atoms with Crippen LogP contribution in [-0.2, 0) is 10.0 Å². The summed E-state index contributed by atoms with van der Waals surface area (Å²) in [5.41, 5.74) is 3.13. The van der Waals surface area contributed by atoms with Gasteiger partial charge in [0.05, 0.1) is 21.7 Å². The average Bonchev–Trinajstić information content (AvgIpc) is 3.32. The summed E-state index contributed by atoms with van der Waals surface area (Å²) >= 11 is 1.63. The molecule has 0 atom stereocenters. The van der Waals surface area contributed by atoms with Crippen LogP contribution in [0.1, 0.15) is 30.1 Å². The number of nitrogens with zero attached hydrogens (tertiary/aromatic N) is 2. The van der Waals surface area contributed by atoms with E-state index < -0.39 is 10.0 Å². The molecule has 35 heavy (non-hydrogen) atoms. The Balaban J connectivity index is 1.28. The van der Waals surface area contributed by atoms with Gasteiger partial charge in [0, 0.05) is 29.9 Å². The van der Waals surface area contributed by atoms with E-state index in [1.165, 1.54) is 10.4 Å². The van der Waals surface area contributed by atoms with Gasteiger partial charge in [0.15, 0.2) is 5.78 Å². The SMILES string of the molecule is CC1CCN(S(=O)(=O)c2cccc(C(=O)CNc3cccc(-c4nc5ccccc5s4)c3)c2)CC1. The first-order chi connectivity index (χ1) is 16.9. The van der Waals surface area contributed by atoms with Crippen molar-refractivity contribution in [2.45, 2.75) is 24.7 Å². The van der Waals surface area contributed by atoms with Crippen molar-refractivity contribution in [2.24, 2.45) is 5.92 Å². The number of benzene rings is 3. The van der Waals surface area contributed by atoms with Gasteiger partial charge in [-0.25, -0.2) is 13.4 Å². The van der Waals surface area contributed by atoms with Gasteiger partial charge in [-0.2, -0.15) is 4.31 Å². The van der Waals surface area contributed by atoms with Gasteiger partial charge in [-0.1, -0.05) is 43.3 Å². The zero-order valence-corrected chi connectivity index (χ0v) is 21.1. The van der Waals surface area contributed by atoms with Gasteiger partial charge in [0.25, 0.3) is 0 Å². The summed E-state index contributed by atoms with van der Waals surface area (Å²) in [6, 6.07) is 22.2. The molecular formula is C27H27N3O3S2. The number of piperidine rings is 1. The fourth-order valence-electron chi connectivity index (χ4n) is 4.25.